The summed E-state index contributed by atoms with van der Waals surface area (Å²) in [5, 5.41) is 10.5. The Morgan fingerprint density at radius 2 is 1.81 bits per heavy atom. The number of hydrogen-bond donors (Lipinski definition) is 1. The summed E-state index contributed by atoms with van der Waals surface area (Å²) in [6.45, 7) is 11.8. The number of carbonyl (C=O) groups is 1. The van der Waals surface area contributed by atoms with Crippen molar-refractivity contribution in [3.05, 3.63) is 52.1 Å². The Labute approximate surface area is 157 Å². The number of Topliss-reactive ketones (excluding diaryl/α,β-unsaturated/α-hetero) is 1. The standard InChI is InChI=1S/C23H30O3/c1-15(2)8-7-12-23(6)13-11-19-21(25)20(17(5)24)14-18(22(19)26-23)10-9-16(3)4/h8-9,11,13-14,25H,7,10,12H2,1-6H3. The van der Waals surface area contributed by atoms with Crippen molar-refractivity contribution in [2.75, 3.05) is 0 Å². The van der Waals surface area contributed by atoms with Gasteiger partial charge < -0.3 is 9.84 Å². The molecule has 1 aliphatic heterocycles. The number of benzene rings is 1. The maximum atomic E-state index is 11.9. The SMILES string of the molecule is CC(=O)c1cc(CC=C(C)C)c2c(c1O)C=CC(C)(CCC=C(C)C)O2. The van der Waals surface area contributed by atoms with Gasteiger partial charge in [-0.2, -0.15) is 0 Å². The van der Waals surface area contributed by atoms with Crippen LogP contribution in [0.1, 0.15) is 75.9 Å². The normalized spacial score (nSPS) is 17.9. The second kappa shape index (κ2) is 7.94. The summed E-state index contributed by atoms with van der Waals surface area (Å²) in [6, 6.07) is 1.77. The highest BCUT2D eigenvalue weighted by atomic mass is 16.5. The molecular formula is C23H30O3. The number of carbonyl (C=O) groups excluding carboxylic acids is 1. The summed E-state index contributed by atoms with van der Waals surface area (Å²) >= 11 is 0. The fourth-order valence-corrected chi connectivity index (χ4v) is 3.05. The third-order valence-electron chi connectivity index (χ3n) is 4.61. The van der Waals surface area contributed by atoms with Gasteiger partial charge in [-0.15, -0.1) is 0 Å². The molecule has 3 heteroatoms. The average Bonchev–Trinajstić information content (AvgIpc) is 2.53. The quantitative estimate of drug-likeness (QED) is 0.502. The maximum absolute atomic E-state index is 11.9. The Balaban J connectivity index is 2.46. The van der Waals surface area contributed by atoms with E-state index in [1.54, 1.807) is 6.07 Å². The van der Waals surface area contributed by atoms with E-state index in [0.717, 1.165) is 18.4 Å². The van der Waals surface area contributed by atoms with E-state index in [-0.39, 0.29) is 11.5 Å². The van der Waals surface area contributed by atoms with Crippen molar-refractivity contribution < 1.29 is 14.6 Å². The molecule has 26 heavy (non-hydrogen) atoms. The van der Waals surface area contributed by atoms with Gasteiger partial charge in [0.15, 0.2) is 5.78 Å². The minimum absolute atomic E-state index is 0.0102. The molecule has 1 aliphatic rings. The molecule has 0 amide bonds. The predicted octanol–water partition coefficient (Wildman–Crippen LogP) is 6.01. The molecule has 1 atom stereocenters. The highest BCUT2D eigenvalue weighted by Crippen LogP contribution is 2.43. The van der Waals surface area contributed by atoms with Crippen LogP contribution in [0.3, 0.4) is 0 Å². The maximum Gasteiger partial charge on any atom is 0.163 e. The highest BCUT2D eigenvalue weighted by molar-refractivity contribution is 5.99. The van der Waals surface area contributed by atoms with Crippen LogP contribution >= 0.6 is 0 Å². The molecular weight excluding hydrogens is 324 g/mol. The number of fused-ring (bicyclic) bond motifs is 1. The lowest BCUT2D eigenvalue weighted by atomic mass is 9.90. The van der Waals surface area contributed by atoms with Crippen LogP contribution in [0.2, 0.25) is 0 Å². The van der Waals surface area contributed by atoms with Crippen molar-refractivity contribution in [1.82, 2.24) is 0 Å². The zero-order valence-electron chi connectivity index (χ0n) is 16.8. The minimum atomic E-state index is -0.428. The van der Waals surface area contributed by atoms with Gasteiger partial charge in [-0.25, -0.2) is 0 Å². The van der Waals surface area contributed by atoms with Crippen molar-refractivity contribution in [3.63, 3.8) is 0 Å². The molecule has 140 valence electrons. The van der Waals surface area contributed by atoms with E-state index in [0.29, 0.717) is 23.3 Å². The molecule has 1 heterocycles. The molecule has 1 aromatic carbocycles. The summed E-state index contributed by atoms with van der Waals surface area (Å²) in [7, 11) is 0. The van der Waals surface area contributed by atoms with E-state index in [9.17, 15) is 9.90 Å². The zero-order chi connectivity index (χ0) is 19.5. The van der Waals surface area contributed by atoms with E-state index in [1.165, 1.54) is 18.1 Å². The Morgan fingerprint density at radius 3 is 2.38 bits per heavy atom. The van der Waals surface area contributed by atoms with Crippen LogP contribution in [-0.4, -0.2) is 16.5 Å². The lowest BCUT2D eigenvalue weighted by Crippen LogP contribution is -2.32. The topological polar surface area (TPSA) is 46.5 Å². The van der Waals surface area contributed by atoms with Crippen LogP contribution in [0.15, 0.2) is 35.4 Å². The summed E-state index contributed by atoms with van der Waals surface area (Å²) in [5.74, 6) is 0.553. The first-order valence-corrected chi connectivity index (χ1v) is 9.17. The van der Waals surface area contributed by atoms with Crippen molar-refractivity contribution >= 4 is 11.9 Å². The first kappa shape index (κ1) is 20.0. The molecule has 0 aliphatic carbocycles. The molecule has 0 saturated heterocycles. The Hall–Kier alpha value is -2.29. The Bertz CT molecular complexity index is 788. The lowest BCUT2D eigenvalue weighted by molar-refractivity contribution is 0.101. The van der Waals surface area contributed by atoms with Gasteiger partial charge in [-0.1, -0.05) is 23.3 Å². The molecule has 0 radical (unpaired) electrons. The Kier molecular flexibility index (Phi) is 6.12. The highest BCUT2D eigenvalue weighted by Gasteiger charge is 2.31. The third kappa shape index (κ3) is 4.66. The van der Waals surface area contributed by atoms with Crippen LogP contribution in [0.4, 0.5) is 0 Å². The molecule has 0 aromatic heterocycles. The summed E-state index contributed by atoms with van der Waals surface area (Å²) in [6.07, 6.45) is 10.7. The number of hydrogen-bond acceptors (Lipinski definition) is 3. The molecule has 3 nitrogen and oxygen atoms in total. The molecule has 0 bridgehead atoms. The van der Waals surface area contributed by atoms with Crippen LogP contribution in [0.25, 0.3) is 6.08 Å². The van der Waals surface area contributed by atoms with Crippen LogP contribution < -0.4 is 4.74 Å². The van der Waals surface area contributed by atoms with Gasteiger partial charge in [0.05, 0.1) is 11.1 Å². The smallest absolute Gasteiger partial charge is 0.163 e. The molecule has 0 saturated carbocycles. The summed E-state index contributed by atoms with van der Waals surface area (Å²) in [5.41, 5.74) is 3.96. The van der Waals surface area contributed by atoms with Gasteiger partial charge >= 0.3 is 0 Å². The number of ether oxygens (including phenoxy) is 1. The van der Waals surface area contributed by atoms with E-state index in [2.05, 4.69) is 32.9 Å². The minimum Gasteiger partial charge on any atom is -0.506 e. The average molecular weight is 354 g/mol. The molecule has 2 rings (SSSR count). The largest absolute Gasteiger partial charge is 0.506 e. The van der Waals surface area contributed by atoms with Gasteiger partial charge in [-0.3, -0.25) is 4.79 Å². The molecule has 1 N–H and O–H groups in total. The van der Waals surface area contributed by atoms with E-state index in [4.69, 9.17) is 4.74 Å². The number of allylic oxidation sites excluding steroid dienone is 4. The van der Waals surface area contributed by atoms with Crippen LogP contribution in [0, 0.1) is 0 Å². The van der Waals surface area contributed by atoms with Gasteiger partial charge in [0, 0.05) is 0 Å². The van der Waals surface area contributed by atoms with Gasteiger partial charge in [0.2, 0.25) is 0 Å². The van der Waals surface area contributed by atoms with E-state index >= 15 is 0 Å². The summed E-state index contributed by atoms with van der Waals surface area (Å²) in [4.78, 5) is 11.9. The second-order valence-electron chi connectivity index (χ2n) is 7.78. The van der Waals surface area contributed by atoms with Crippen molar-refractivity contribution in [2.24, 2.45) is 0 Å². The predicted molar refractivity (Wildman–Crippen MR) is 108 cm³/mol. The molecule has 0 spiro atoms. The number of phenols is 1. The monoisotopic (exact) mass is 354 g/mol. The number of phenolic OH excluding ortho intramolecular Hbond substituents is 1. The van der Waals surface area contributed by atoms with Gasteiger partial charge in [-0.05, 0) is 84.6 Å². The lowest BCUT2D eigenvalue weighted by Gasteiger charge is -2.33. The van der Waals surface area contributed by atoms with Crippen LogP contribution in [-0.2, 0) is 6.42 Å². The molecule has 1 aromatic rings. The van der Waals surface area contributed by atoms with Crippen molar-refractivity contribution in [1.29, 1.82) is 0 Å². The number of aromatic hydroxyl groups is 1. The van der Waals surface area contributed by atoms with Gasteiger partial charge in [0.1, 0.15) is 17.1 Å². The van der Waals surface area contributed by atoms with E-state index < -0.39 is 5.60 Å². The summed E-state index contributed by atoms with van der Waals surface area (Å²) < 4.78 is 6.36. The van der Waals surface area contributed by atoms with E-state index in [1.807, 2.05) is 26.0 Å². The fourth-order valence-electron chi connectivity index (χ4n) is 3.05. The zero-order valence-corrected chi connectivity index (χ0v) is 16.8. The first-order valence-electron chi connectivity index (χ1n) is 9.17. The second-order valence-corrected chi connectivity index (χ2v) is 7.78. The molecule has 1 unspecified atom stereocenters. The number of rotatable bonds is 6. The number of ketones is 1. The van der Waals surface area contributed by atoms with Crippen molar-refractivity contribution in [2.45, 2.75) is 66.4 Å². The first-order chi connectivity index (χ1) is 12.1. The fraction of sp³-hybridized carbons (Fsp3) is 0.435. The Morgan fingerprint density at radius 1 is 1.15 bits per heavy atom. The van der Waals surface area contributed by atoms with Crippen molar-refractivity contribution in [3.8, 4) is 11.5 Å². The van der Waals surface area contributed by atoms with Crippen LogP contribution in [0.5, 0.6) is 11.5 Å². The molecule has 0 fully saturated rings. The third-order valence-corrected chi connectivity index (χ3v) is 4.61. The van der Waals surface area contributed by atoms with Gasteiger partial charge in [0.25, 0.3) is 0 Å².